The molecule has 1 amide bonds. The number of nitrogens with one attached hydrogen (secondary N) is 2. The molecule has 0 radical (unpaired) electrons. The number of ether oxygens (including phenoxy) is 1. The molecule has 5 unspecified atom stereocenters. The average molecular weight is 385 g/mol. The van der Waals surface area contributed by atoms with E-state index in [1.165, 1.54) is 24.1 Å². The SMILES string of the molecule is CCN1C(=O)C2CNNC2C2CCC(c3ccc(N4CCOCC4)cc3)CC21. The third kappa shape index (κ3) is 3.11. The number of carbonyl (C=O) groups excluding carboxylic acids is 1. The normalized spacial score (nSPS) is 35.6. The van der Waals surface area contributed by atoms with E-state index >= 15 is 0 Å². The maximum atomic E-state index is 13.0. The number of amides is 1. The number of hydrogen-bond acceptors (Lipinski definition) is 5. The largest absolute Gasteiger partial charge is 0.378 e. The van der Waals surface area contributed by atoms with Crippen molar-refractivity contribution >= 4 is 11.6 Å². The lowest BCUT2D eigenvalue weighted by molar-refractivity contribution is -0.146. The molecule has 1 saturated carbocycles. The minimum Gasteiger partial charge on any atom is -0.378 e. The fraction of sp³-hybridized carbons (Fsp3) is 0.682. The summed E-state index contributed by atoms with van der Waals surface area (Å²) in [6.07, 6.45) is 3.50. The number of rotatable bonds is 3. The molecular weight excluding hydrogens is 352 g/mol. The van der Waals surface area contributed by atoms with Crippen molar-refractivity contribution < 1.29 is 9.53 Å². The van der Waals surface area contributed by atoms with Gasteiger partial charge in [-0.1, -0.05) is 12.1 Å². The fourth-order valence-corrected chi connectivity index (χ4v) is 5.96. The second-order valence-electron chi connectivity index (χ2n) is 8.71. The number of likely N-dealkylation sites (tertiary alicyclic amines) is 1. The zero-order valence-corrected chi connectivity index (χ0v) is 16.8. The maximum Gasteiger partial charge on any atom is 0.228 e. The summed E-state index contributed by atoms with van der Waals surface area (Å²) in [4.78, 5) is 17.6. The number of hydrazine groups is 1. The topological polar surface area (TPSA) is 56.8 Å². The molecule has 5 rings (SSSR count). The summed E-state index contributed by atoms with van der Waals surface area (Å²) in [5.41, 5.74) is 9.39. The van der Waals surface area contributed by atoms with Crippen molar-refractivity contribution in [1.29, 1.82) is 0 Å². The number of morpholine rings is 1. The summed E-state index contributed by atoms with van der Waals surface area (Å²) in [5, 5.41) is 0. The predicted molar refractivity (Wildman–Crippen MR) is 109 cm³/mol. The Hall–Kier alpha value is -1.63. The van der Waals surface area contributed by atoms with E-state index in [2.05, 4.69) is 51.8 Å². The van der Waals surface area contributed by atoms with Gasteiger partial charge in [0.15, 0.2) is 0 Å². The minimum absolute atomic E-state index is 0.116. The van der Waals surface area contributed by atoms with Gasteiger partial charge in [-0.25, -0.2) is 0 Å². The van der Waals surface area contributed by atoms with Crippen molar-refractivity contribution in [2.45, 2.75) is 44.2 Å². The van der Waals surface area contributed by atoms with E-state index < -0.39 is 0 Å². The van der Waals surface area contributed by atoms with Crippen molar-refractivity contribution in [3.05, 3.63) is 29.8 Å². The molecule has 3 aliphatic heterocycles. The monoisotopic (exact) mass is 384 g/mol. The highest BCUT2D eigenvalue weighted by Gasteiger charge is 2.51. The van der Waals surface area contributed by atoms with Gasteiger partial charge < -0.3 is 14.5 Å². The van der Waals surface area contributed by atoms with Gasteiger partial charge >= 0.3 is 0 Å². The number of piperidine rings is 1. The van der Waals surface area contributed by atoms with Crippen molar-refractivity contribution in [2.75, 3.05) is 44.3 Å². The van der Waals surface area contributed by atoms with Crippen LogP contribution in [-0.2, 0) is 9.53 Å². The van der Waals surface area contributed by atoms with Crippen LogP contribution < -0.4 is 15.8 Å². The van der Waals surface area contributed by atoms with E-state index in [1.807, 2.05) is 0 Å². The Morgan fingerprint density at radius 1 is 1.14 bits per heavy atom. The summed E-state index contributed by atoms with van der Waals surface area (Å²) in [6.45, 7) is 7.32. The first kappa shape index (κ1) is 18.4. The van der Waals surface area contributed by atoms with Crippen molar-refractivity contribution in [2.24, 2.45) is 11.8 Å². The maximum absolute atomic E-state index is 13.0. The van der Waals surface area contributed by atoms with Crippen molar-refractivity contribution in [3.8, 4) is 0 Å². The first-order chi connectivity index (χ1) is 13.8. The Morgan fingerprint density at radius 3 is 2.68 bits per heavy atom. The van der Waals surface area contributed by atoms with E-state index in [1.54, 1.807) is 0 Å². The molecule has 152 valence electrons. The number of nitrogens with zero attached hydrogens (tertiary/aromatic N) is 2. The van der Waals surface area contributed by atoms with Crippen molar-refractivity contribution in [1.82, 2.24) is 15.8 Å². The molecule has 0 bridgehead atoms. The quantitative estimate of drug-likeness (QED) is 0.831. The van der Waals surface area contributed by atoms with Crippen LogP contribution in [0.15, 0.2) is 24.3 Å². The lowest BCUT2D eigenvalue weighted by atomic mass is 9.67. The Morgan fingerprint density at radius 2 is 1.93 bits per heavy atom. The molecule has 3 heterocycles. The Bertz CT molecular complexity index is 703. The summed E-state index contributed by atoms with van der Waals surface area (Å²) in [6, 6.07) is 9.85. The van der Waals surface area contributed by atoms with E-state index in [0.717, 1.165) is 45.8 Å². The number of hydrogen-bond donors (Lipinski definition) is 2. The summed E-state index contributed by atoms with van der Waals surface area (Å²) in [7, 11) is 0. The van der Waals surface area contributed by atoms with Gasteiger partial charge in [0.2, 0.25) is 5.91 Å². The lowest BCUT2D eigenvalue weighted by Crippen LogP contribution is -2.61. The first-order valence-electron chi connectivity index (χ1n) is 11.0. The van der Waals surface area contributed by atoms with Crippen LogP contribution in [0.2, 0.25) is 0 Å². The van der Waals surface area contributed by atoms with E-state index in [4.69, 9.17) is 4.74 Å². The molecule has 28 heavy (non-hydrogen) atoms. The van der Waals surface area contributed by atoms with Crippen LogP contribution in [0.4, 0.5) is 5.69 Å². The molecule has 1 aromatic carbocycles. The van der Waals surface area contributed by atoms with Crippen LogP contribution in [0.25, 0.3) is 0 Å². The second-order valence-corrected chi connectivity index (χ2v) is 8.71. The Labute approximate surface area is 167 Å². The number of anilines is 1. The lowest BCUT2D eigenvalue weighted by Gasteiger charge is -2.50. The molecule has 2 N–H and O–H groups in total. The van der Waals surface area contributed by atoms with Gasteiger partial charge in [-0.15, -0.1) is 0 Å². The smallest absolute Gasteiger partial charge is 0.228 e. The van der Waals surface area contributed by atoms with Crippen LogP contribution in [-0.4, -0.2) is 62.3 Å². The molecule has 6 nitrogen and oxygen atoms in total. The third-order valence-electron chi connectivity index (χ3n) is 7.44. The van der Waals surface area contributed by atoms with Gasteiger partial charge in [0.1, 0.15) is 0 Å². The van der Waals surface area contributed by atoms with Crippen molar-refractivity contribution in [3.63, 3.8) is 0 Å². The zero-order valence-electron chi connectivity index (χ0n) is 16.8. The van der Waals surface area contributed by atoms with E-state index in [-0.39, 0.29) is 5.92 Å². The molecule has 1 aromatic rings. The van der Waals surface area contributed by atoms with E-state index in [9.17, 15) is 4.79 Å². The molecule has 3 saturated heterocycles. The van der Waals surface area contributed by atoms with Gasteiger partial charge in [0.05, 0.1) is 19.1 Å². The standard InChI is InChI=1S/C22H32N4O2/c1-2-26-20-13-16(5-8-18(20)21-19(22(26)27)14-23-24-21)15-3-6-17(7-4-15)25-9-11-28-12-10-25/h3-4,6-7,16,18-21,23-24H,2,5,8-14H2,1H3. The van der Waals surface area contributed by atoms with E-state index in [0.29, 0.717) is 29.8 Å². The van der Waals surface area contributed by atoms with Gasteiger partial charge in [0.25, 0.3) is 0 Å². The summed E-state index contributed by atoms with van der Waals surface area (Å²) in [5.74, 6) is 1.58. The first-order valence-corrected chi connectivity index (χ1v) is 11.0. The summed E-state index contributed by atoms with van der Waals surface area (Å²) >= 11 is 0. The van der Waals surface area contributed by atoms with Gasteiger partial charge in [-0.05, 0) is 55.7 Å². The minimum atomic E-state index is 0.116. The predicted octanol–water partition coefficient (Wildman–Crippen LogP) is 1.73. The van der Waals surface area contributed by atoms with Crippen LogP contribution in [0.3, 0.4) is 0 Å². The van der Waals surface area contributed by atoms with Crippen LogP contribution in [0, 0.1) is 11.8 Å². The number of fused-ring (bicyclic) bond motifs is 3. The van der Waals surface area contributed by atoms with Crippen LogP contribution in [0.5, 0.6) is 0 Å². The van der Waals surface area contributed by atoms with Crippen LogP contribution in [0.1, 0.15) is 37.7 Å². The van der Waals surface area contributed by atoms with Crippen LogP contribution >= 0.6 is 0 Å². The molecular formula is C22H32N4O2. The molecule has 1 aliphatic carbocycles. The van der Waals surface area contributed by atoms with Gasteiger partial charge in [-0.3, -0.25) is 15.6 Å². The molecule has 5 atom stereocenters. The highest BCUT2D eigenvalue weighted by atomic mass is 16.5. The molecule has 4 fully saturated rings. The second kappa shape index (κ2) is 7.65. The zero-order chi connectivity index (χ0) is 19.1. The molecule has 6 heteroatoms. The summed E-state index contributed by atoms with van der Waals surface area (Å²) < 4.78 is 5.47. The molecule has 4 aliphatic rings. The third-order valence-corrected chi connectivity index (χ3v) is 7.44. The molecule has 0 spiro atoms. The Balaban J connectivity index is 1.32. The van der Waals surface area contributed by atoms with Gasteiger partial charge in [-0.2, -0.15) is 0 Å². The number of benzene rings is 1. The highest BCUT2D eigenvalue weighted by molar-refractivity contribution is 5.81. The highest BCUT2D eigenvalue weighted by Crippen LogP contribution is 2.44. The molecule has 0 aromatic heterocycles. The Kier molecular flexibility index (Phi) is 5.03. The fourth-order valence-electron chi connectivity index (χ4n) is 5.96. The number of carbonyl (C=O) groups is 1. The van der Waals surface area contributed by atoms with Gasteiger partial charge in [0, 0.05) is 44.0 Å². The average Bonchev–Trinajstić information content (AvgIpc) is 3.25.